The molecule has 2 unspecified atom stereocenters. The molecule has 0 saturated carbocycles. The molecule has 0 fully saturated rings. The summed E-state index contributed by atoms with van der Waals surface area (Å²) in [6.45, 7) is 3.66. The van der Waals surface area contributed by atoms with Crippen LogP contribution in [0.3, 0.4) is 0 Å². The summed E-state index contributed by atoms with van der Waals surface area (Å²) in [6.07, 6.45) is 0.342. The molecule has 0 heterocycles. The number of nitrogens with one attached hydrogen (secondary N) is 1. The lowest BCUT2D eigenvalue weighted by Gasteiger charge is -2.19. The molecule has 3 N–H and O–H groups in total. The molecule has 20 heavy (non-hydrogen) atoms. The van der Waals surface area contributed by atoms with Crippen LogP contribution in [-0.4, -0.2) is 36.9 Å². The van der Waals surface area contributed by atoms with Crippen LogP contribution in [0.1, 0.15) is 31.7 Å². The molecule has 2 atom stereocenters. The first kappa shape index (κ1) is 16.0. The average Bonchev–Trinajstić information content (AvgIpc) is 2.37. The number of amides is 2. The van der Waals surface area contributed by atoms with Gasteiger partial charge >= 0.3 is 0 Å². The van der Waals surface area contributed by atoms with Gasteiger partial charge in [-0.2, -0.15) is 0 Å². The van der Waals surface area contributed by atoms with Crippen molar-refractivity contribution in [1.29, 1.82) is 0 Å². The number of nitrogens with zero attached hydrogens (tertiary/aromatic N) is 1. The molecule has 0 saturated heterocycles. The van der Waals surface area contributed by atoms with Gasteiger partial charge in [0.05, 0.1) is 0 Å². The molecule has 1 rings (SSSR count). The van der Waals surface area contributed by atoms with E-state index in [1.165, 1.54) is 4.90 Å². The highest BCUT2D eigenvalue weighted by molar-refractivity contribution is 5.87. The maximum Gasteiger partial charge on any atom is 0.244 e. The van der Waals surface area contributed by atoms with E-state index in [1.54, 1.807) is 21.0 Å². The average molecular weight is 277 g/mol. The molecule has 1 aromatic rings. The van der Waals surface area contributed by atoms with Gasteiger partial charge in [-0.15, -0.1) is 0 Å². The highest BCUT2D eigenvalue weighted by Crippen LogP contribution is 2.19. The van der Waals surface area contributed by atoms with Crippen LogP contribution < -0.4 is 11.1 Å². The van der Waals surface area contributed by atoms with Gasteiger partial charge < -0.3 is 16.0 Å². The Labute approximate surface area is 120 Å². The van der Waals surface area contributed by atoms with E-state index in [2.05, 4.69) is 5.32 Å². The van der Waals surface area contributed by atoms with E-state index in [9.17, 15) is 9.59 Å². The summed E-state index contributed by atoms with van der Waals surface area (Å²) in [7, 11) is 3.34. The number of carbonyl (C=O) groups excluding carboxylic acids is 2. The predicted molar refractivity (Wildman–Crippen MR) is 80.2 cm³/mol. The molecular formula is C15H23N3O2. The summed E-state index contributed by atoms with van der Waals surface area (Å²) in [5.41, 5.74) is 7.39. The Morgan fingerprint density at radius 2 is 1.75 bits per heavy atom. The molecule has 0 aromatic heterocycles. The van der Waals surface area contributed by atoms with Crippen LogP contribution >= 0.6 is 0 Å². The Hall–Kier alpha value is -2.04. The third kappa shape index (κ3) is 4.57. The van der Waals surface area contributed by atoms with Crippen LogP contribution in [-0.2, 0) is 9.59 Å². The summed E-state index contributed by atoms with van der Waals surface area (Å²) in [5, 5.41) is 2.72. The van der Waals surface area contributed by atoms with Gasteiger partial charge in [0.15, 0.2) is 0 Å². The largest absolute Gasteiger partial charge is 0.399 e. The van der Waals surface area contributed by atoms with E-state index in [0.29, 0.717) is 12.1 Å². The minimum atomic E-state index is -0.504. The van der Waals surface area contributed by atoms with Gasteiger partial charge in [-0.3, -0.25) is 9.59 Å². The molecule has 0 bridgehead atoms. The SMILES string of the molecule is CC(NC(=O)CC(C)c1ccc(N)cc1)C(=O)N(C)C. The fourth-order valence-electron chi connectivity index (χ4n) is 1.97. The molecule has 1 aromatic carbocycles. The minimum Gasteiger partial charge on any atom is -0.399 e. The van der Waals surface area contributed by atoms with Crippen LogP contribution in [0.25, 0.3) is 0 Å². The first-order valence-electron chi connectivity index (χ1n) is 6.67. The molecule has 2 amide bonds. The highest BCUT2D eigenvalue weighted by Gasteiger charge is 2.18. The summed E-state index contributed by atoms with van der Waals surface area (Å²) in [4.78, 5) is 25.1. The molecule has 5 heteroatoms. The Bertz CT molecular complexity index is 469. The van der Waals surface area contributed by atoms with Gasteiger partial charge in [0.25, 0.3) is 0 Å². The van der Waals surface area contributed by atoms with Crippen molar-refractivity contribution in [3.05, 3.63) is 29.8 Å². The minimum absolute atomic E-state index is 0.0808. The molecule has 110 valence electrons. The lowest BCUT2D eigenvalue weighted by molar-refractivity contribution is -0.134. The van der Waals surface area contributed by atoms with Gasteiger partial charge in [-0.1, -0.05) is 19.1 Å². The molecule has 0 aliphatic rings. The summed E-state index contributed by atoms with van der Waals surface area (Å²) < 4.78 is 0. The zero-order chi connectivity index (χ0) is 15.3. The number of carbonyl (C=O) groups is 2. The van der Waals surface area contributed by atoms with E-state index in [-0.39, 0.29) is 17.7 Å². The topological polar surface area (TPSA) is 75.4 Å². The maximum atomic E-state index is 11.9. The third-order valence-electron chi connectivity index (χ3n) is 3.19. The van der Waals surface area contributed by atoms with Crippen molar-refractivity contribution < 1.29 is 9.59 Å². The number of anilines is 1. The number of hydrogen-bond donors (Lipinski definition) is 2. The number of benzene rings is 1. The Kier molecular flexibility index (Phi) is 5.55. The first-order valence-corrected chi connectivity index (χ1v) is 6.67. The van der Waals surface area contributed by atoms with Crippen LogP contribution in [0.5, 0.6) is 0 Å². The van der Waals surface area contributed by atoms with Crippen LogP contribution in [0.2, 0.25) is 0 Å². The van der Waals surface area contributed by atoms with Crippen molar-refractivity contribution in [2.45, 2.75) is 32.2 Å². The van der Waals surface area contributed by atoms with Crippen molar-refractivity contribution in [3.63, 3.8) is 0 Å². The zero-order valence-electron chi connectivity index (χ0n) is 12.5. The second-order valence-corrected chi connectivity index (χ2v) is 5.29. The van der Waals surface area contributed by atoms with Gasteiger partial charge in [-0.05, 0) is 30.5 Å². The quantitative estimate of drug-likeness (QED) is 0.798. The second kappa shape index (κ2) is 6.93. The van der Waals surface area contributed by atoms with Crippen molar-refractivity contribution in [2.75, 3.05) is 19.8 Å². The normalized spacial score (nSPS) is 13.4. The summed E-state index contributed by atoms with van der Waals surface area (Å²) in [6, 6.07) is 6.98. The smallest absolute Gasteiger partial charge is 0.244 e. The molecule has 0 aliphatic carbocycles. The zero-order valence-corrected chi connectivity index (χ0v) is 12.5. The number of rotatable bonds is 5. The van der Waals surface area contributed by atoms with Crippen LogP contribution in [0.15, 0.2) is 24.3 Å². The third-order valence-corrected chi connectivity index (χ3v) is 3.19. The number of nitrogens with two attached hydrogens (primary N) is 1. The van der Waals surface area contributed by atoms with Gasteiger partial charge in [0.2, 0.25) is 11.8 Å². The van der Waals surface area contributed by atoms with Gasteiger partial charge in [-0.25, -0.2) is 0 Å². The Morgan fingerprint density at radius 1 is 1.20 bits per heavy atom. The van der Waals surface area contributed by atoms with E-state index in [4.69, 9.17) is 5.73 Å². The number of nitrogen functional groups attached to an aromatic ring is 1. The summed E-state index contributed by atoms with van der Waals surface area (Å²) >= 11 is 0. The van der Waals surface area contributed by atoms with E-state index < -0.39 is 6.04 Å². The van der Waals surface area contributed by atoms with Crippen molar-refractivity contribution >= 4 is 17.5 Å². The lowest BCUT2D eigenvalue weighted by atomic mass is 9.97. The lowest BCUT2D eigenvalue weighted by Crippen LogP contribution is -2.44. The fraction of sp³-hybridized carbons (Fsp3) is 0.467. The van der Waals surface area contributed by atoms with Crippen molar-refractivity contribution in [3.8, 4) is 0 Å². The highest BCUT2D eigenvalue weighted by atomic mass is 16.2. The van der Waals surface area contributed by atoms with Crippen molar-refractivity contribution in [2.24, 2.45) is 0 Å². The van der Waals surface area contributed by atoms with Gasteiger partial charge in [0, 0.05) is 26.2 Å². The standard InChI is InChI=1S/C15H23N3O2/c1-10(12-5-7-13(16)8-6-12)9-14(19)17-11(2)15(20)18(3)4/h5-8,10-11H,9,16H2,1-4H3,(H,17,19). The monoisotopic (exact) mass is 277 g/mol. The Morgan fingerprint density at radius 3 is 2.25 bits per heavy atom. The molecule has 0 aliphatic heterocycles. The first-order chi connectivity index (χ1) is 9.31. The second-order valence-electron chi connectivity index (χ2n) is 5.29. The maximum absolute atomic E-state index is 11.9. The van der Waals surface area contributed by atoms with E-state index in [1.807, 2.05) is 31.2 Å². The van der Waals surface area contributed by atoms with Crippen molar-refractivity contribution in [1.82, 2.24) is 10.2 Å². The van der Waals surface area contributed by atoms with E-state index in [0.717, 1.165) is 5.56 Å². The Balaban J connectivity index is 2.53. The summed E-state index contributed by atoms with van der Waals surface area (Å²) in [5.74, 6) is -0.159. The molecule has 5 nitrogen and oxygen atoms in total. The van der Waals surface area contributed by atoms with Gasteiger partial charge in [0.1, 0.15) is 6.04 Å². The van der Waals surface area contributed by atoms with E-state index >= 15 is 0 Å². The number of hydrogen-bond acceptors (Lipinski definition) is 3. The van der Waals surface area contributed by atoms with Crippen LogP contribution in [0, 0.1) is 0 Å². The number of likely N-dealkylation sites (N-methyl/N-ethyl adjacent to an activating group) is 1. The van der Waals surface area contributed by atoms with Crippen LogP contribution in [0.4, 0.5) is 5.69 Å². The molecule has 0 radical (unpaired) electrons. The fourth-order valence-corrected chi connectivity index (χ4v) is 1.97. The molecule has 0 spiro atoms. The predicted octanol–water partition coefficient (Wildman–Crippen LogP) is 1.36. The molecular weight excluding hydrogens is 254 g/mol.